The summed E-state index contributed by atoms with van der Waals surface area (Å²) in [6.45, 7) is 1.08. The third kappa shape index (κ3) is 7.03. The van der Waals surface area contributed by atoms with Gasteiger partial charge in [0.25, 0.3) is 11.9 Å². The quantitative estimate of drug-likeness (QED) is 0.375. The molecule has 30 heavy (non-hydrogen) atoms. The van der Waals surface area contributed by atoms with Crippen LogP contribution in [-0.4, -0.2) is 26.7 Å². The number of thioether (sulfide) groups is 1. The molecule has 8 heteroatoms. The van der Waals surface area contributed by atoms with Gasteiger partial charge in [-0.2, -0.15) is 18.2 Å². The Hall–Kier alpha value is -2.58. The predicted molar refractivity (Wildman–Crippen MR) is 115 cm³/mol. The van der Waals surface area contributed by atoms with E-state index in [1.54, 1.807) is 12.1 Å². The average molecular weight is 427 g/mol. The number of nitrogens with zero attached hydrogens (tertiary/aromatic N) is 2. The Morgan fingerprint density at radius 2 is 1.73 bits per heavy atom. The number of amidine groups is 1. The minimum absolute atomic E-state index is 0. The summed E-state index contributed by atoms with van der Waals surface area (Å²) in [7, 11) is 0. The van der Waals surface area contributed by atoms with E-state index in [1.165, 1.54) is 11.8 Å². The van der Waals surface area contributed by atoms with E-state index in [0.717, 1.165) is 23.9 Å². The van der Waals surface area contributed by atoms with Crippen molar-refractivity contribution in [1.82, 2.24) is 9.88 Å². The first kappa shape index (κ1) is 23.7. The van der Waals surface area contributed by atoms with Gasteiger partial charge in [-0.1, -0.05) is 12.1 Å². The van der Waals surface area contributed by atoms with Crippen LogP contribution in [0.15, 0.2) is 83.0 Å². The third-order valence-corrected chi connectivity index (χ3v) is 4.59. The predicted octanol–water partition coefficient (Wildman–Crippen LogP) is 1.26. The van der Waals surface area contributed by atoms with Gasteiger partial charge in [-0.05, 0) is 53.4 Å². The molecule has 1 aromatic heterocycles. The molecule has 0 bridgehead atoms. The van der Waals surface area contributed by atoms with E-state index in [-0.39, 0.29) is 35.5 Å². The first-order valence-corrected chi connectivity index (χ1v) is 9.51. The van der Waals surface area contributed by atoms with Crippen LogP contribution < -0.4 is 34.9 Å². The molecule has 0 spiro atoms. The van der Waals surface area contributed by atoms with Gasteiger partial charge in [0.1, 0.15) is 0 Å². The number of rotatable bonds is 3. The molecule has 6 nitrogen and oxygen atoms in total. The molecule has 0 aliphatic carbocycles. The number of aliphatic imine (C=N–C) groups is 1. The zero-order valence-corrected chi connectivity index (χ0v) is 19.4. The van der Waals surface area contributed by atoms with Crippen molar-refractivity contribution in [3.63, 3.8) is 0 Å². The van der Waals surface area contributed by atoms with Gasteiger partial charge in [0.2, 0.25) is 0 Å². The van der Waals surface area contributed by atoms with Crippen molar-refractivity contribution in [2.75, 3.05) is 0 Å². The van der Waals surface area contributed by atoms with E-state index < -0.39 is 5.97 Å². The van der Waals surface area contributed by atoms with Gasteiger partial charge in [-0.3, -0.25) is 14.6 Å². The van der Waals surface area contributed by atoms with Crippen molar-refractivity contribution < 1.29 is 44.3 Å². The van der Waals surface area contributed by atoms with E-state index in [0.29, 0.717) is 10.1 Å². The van der Waals surface area contributed by atoms with Crippen molar-refractivity contribution in [2.45, 2.75) is 6.92 Å². The van der Waals surface area contributed by atoms with E-state index >= 15 is 0 Å². The Labute approximate surface area is 201 Å². The molecule has 1 saturated heterocycles. The molecule has 0 unspecified atom stereocenters. The summed E-state index contributed by atoms with van der Waals surface area (Å²) in [5, 5.41) is 10.8. The molecule has 0 atom stereocenters. The number of amides is 1. The maximum atomic E-state index is 12.1. The topological polar surface area (TPSA) is 83.7 Å². The molecule has 4 rings (SSSR count). The monoisotopic (exact) mass is 427 g/mol. The molecule has 146 valence electrons. The molecule has 2 heterocycles. The number of carboxylic acids is 1. The maximum absolute atomic E-state index is 12.1. The number of carboxylic acid groups (broad SMARTS) is 1. The Morgan fingerprint density at radius 3 is 2.33 bits per heavy atom. The number of carbonyl (C=O) groups excluding carboxylic acids is 1. The van der Waals surface area contributed by atoms with Crippen LogP contribution in [0.3, 0.4) is 0 Å². The van der Waals surface area contributed by atoms with Gasteiger partial charge in [0.15, 0.2) is 5.17 Å². The molecule has 1 amide bonds. The third-order valence-electron chi connectivity index (χ3n) is 3.68. The number of aliphatic carboxylic acids is 1. The van der Waals surface area contributed by atoms with Crippen molar-refractivity contribution in [1.29, 1.82) is 0 Å². The van der Waals surface area contributed by atoms with Gasteiger partial charge < -0.3 is 15.0 Å². The summed E-state index contributed by atoms with van der Waals surface area (Å²) in [5.41, 5.74) is 2.85. The smallest absolute Gasteiger partial charge is 0.481 e. The molecule has 1 aliphatic heterocycles. The number of benzene rings is 2. The van der Waals surface area contributed by atoms with E-state index in [2.05, 4.69) is 16.4 Å². The molecule has 1 fully saturated rings. The number of hydrogen-bond acceptors (Lipinski definition) is 4. The molecule has 2 aromatic carbocycles. The van der Waals surface area contributed by atoms with Crippen LogP contribution in [0.2, 0.25) is 0 Å². The SMILES string of the molecule is CC(=O)O.O=C1NC(=Nc2cc[c-]cc2)S/C1=C\c1ccc(-n2cccc2)cc1.[Na+]. The zero-order valence-electron chi connectivity index (χ0n) is 16.6. The fraction of sp³-hybridized carbons (Fsp3) is 0.0455. The Bertz CT molecular complexity index is 1040. The summed E-state index contributed by atoms with van der Waals surface area (Å²) in [4.78, 5) is 26.2. The fourth-order valence-electron chi connectivity index (χ4n) is 2.45. The van der Waals surface area contributed by atoms with Crippen LogP contribution in [0.4, 0.5) is 5.69 Å². The van der Waals surface area contributed by atoms with Crippen LogP contribution in [0.25, 0.3) is 11.8 Å². The number of nitrogens with one attached hydrogen (secondary N) is 1. The minimum Gasteiger partial charge on any atom is -0.481 e. The van der Waals surface area contributed by atoms with Crippen molar-refractivity contribution >= 4 is 40.6 Å². The standard InChI is InChI=1S/C20H14N3OS.C2H4O2.Na/c24-19-18(25-20(22-19)21-16-6-2-1-3-7-16)14-15-8-10-17(11-9-15)23-12-4-5-13-23;1-2(3)4;/h2-14H,(H,21,22,24);1H3,(H,3,4);/q-1;;+1/b18-14-;;. The van der Waals surface area contributed by atoms with Gasteiger partial charge >= 0.3 is 29.6 Å². The van der Waals surface area contributed by atoms with Crippen molar-refractivity contribution in [2.24, 2.45) is 4.99 Å². The minimum atomic E-state index is -0.833. The van der Waals surface area contributed by atoms with Crippen LogP contribution in [-0.2, 0) is 9.59 Å². The fourth-order valence-corrected chi connectivity index (χ4v) is 3.29. The second-order valence-corrected chi connectivity index (χ2v) is 6.97. The largest absolute Gasteiger partial charge is 1.00 e. The van der Waals surface area contributed by atoms with Gasteiger partial charge in [-0.25, -0.2) is 0 Å². The molecule has 0 radical (unpaired) electrons. The number of hydrogen-bond donors (Lipinski definition) is 2. The van der Waals surface area contributed by atoms with Gasteiger partial charge in [0, 0.05) is 25.0 Å². The van der Waals surface area contributed by atoms with Gasteiger partial charge in [-0.15, -0.1) is 12.1 Å². The number of carbonyl (C=O) groups is 2. The summed E-state index contributed by atoms with van der Waals surface area (Å²) in [6.07, 6.45) is 5.87. The molecular weight excluding hydrogens is 409 g/mol. The van der Waals surface area contributed by atoms with Crippen LogP contribution in [0.1, 0.15) is 12.5 Å². The molecular formula is C22H18N3NaO3S. The van der Waals surface area contributed by atoms with Gasteiger partial charge in [0.05, 0.1) is 4.91 Å². The second kappa shape index (κ2) is 11.6. The normalized spacial score (nSPS) is 15.2. The van der Waals surface area contributed by atoms with Crippen LogP contribution in [0.5, 0.6) is 0 Å². The Balaban J connectivity index is 0.000000591. The summed E-state index contributed by atoms with van der Waals surface area (Å²) in [6, 6.07) is 22.3. The van der Waals surface area contributed by atoms with Crippen LogP contribution >= 0.6 is 11.8 Å². The first-order valence-electron chi connectivity index (χ1n) is 8.70. The average Bonchev–Trinajstić information content (AvgIpc) is 3.33. The van der Waals surface area contributed by atoms with Crippen molar-refractivity contribution in [3.8, 4) is 5.69 Å². The first-order chi connectivity index (χ1) is 14.0. The number of aromatic nitrogens is 1. The summed E-state index contributed by atoms with van der Waals surface area (Å²) >= 11 is 1.35. The van der Waals surface area contributed by atoms with Crippen LogP contribution in [0, 0.1) is 6.07 Å². The molecule has 2 N–H and O–H groups in total. The zero-order chi connectivity index (χ0) is 20.6. The molecule has 0 saturated carbocycles. The maximum Gasteiger partial charge on any atom is 1.00 e. The van der Waals surface area contributed by atoms with E-state index in [9.17, 15) is 4.79 Å². The van der Waals surface area contributed by atoms with E-state index in [4.69, 9.17) is 9.90 Å². The summed E-state index contributed by atoms with van der Waals surface area (Å²) < 4.78 is 2.04. The Kier molecular flexibility index (Phi) is 9.14. The molecule has 1 aliphatic rings. The Morgan fingerprint density at radius 1 is 1.13 bits per heavy atom. The summed E-state index contributed by atoms with van der Waals surface area (Å²) in [5.74, 6) is -0.958. The second-order valence-electron chi connectivity index (χ2n) is 5.94. The van der Waals surface area contributed by atoms with Crippen molar-refractivity contribution in [3.05, 3.63) is 89.6 Å². The van der Waals surface area contributed by atoms with E-state index in [1.807, 2.05) is 71.6 Å². The molecule has 3 aromatic rings.